The number of hydrogen-bond donors (Lipinski definition) is 2. The van der Waals surface area contributed by atoms with Gasteiger partial charge >= 0.3 is 0 Å². The highest BCUT2D eigenvalue weighted by Crippen LogP contribution is 2.31. The molecule has 172 valence electrons. The summed E-state index contributed by atoms with van der Waals surface area (Å²) in [4.78, 5) is 12.2. The summed E-state index contributed by atoms with van der Waals surface area (Å²) >= 11 is 6.19. The second-order valence-corrected chi connectivity index (χ2v) is 9.99. The zero-order valence-electron chi connectivity index (χ0n) is 19.2. The Morgan fingerprint density at radius 2 is 1.90 bits per heavy atom. The fourth-order valence-electron chi connectivity index (χ4n) is 5.43. The third-order valence-corrected chi connectivity index (χ3v) is 7.69. The summed E-state index contributed by atoms with van der Waals surface area (Å²) in [6.07, 6.45) is 7.64. The van der Waals surface area contributed by atoms with Crippen molar-refractivity contribution in [2.45, 2.75) is 50.1 Å². The average molecular weight is 447 g/mol. The van der Waals surface area contributed by atoms with E-state index in [4.69, 9.17) is 11.6 Å². The van der Waals surface area contributed by atoms with Crippen molar-refractivity contribution >= 4 is 23.2 Å². The Hall–Kier alpha value is -1.50. The van der Waals surface area contributed by atoms with Gasteiger partial charge in [0.15, 0.2) is 5.96 Å². The first-order valence-electron chi connectivity index (χ1n) is 12.0. The molecule has 3 fully saturated rings. The molecule has 0 radical (unpaired) electrons. The van der Waals surface area contributed by atoms with E-state index in [0.29, 0.717) is 6.04 Å². The largest absolute Gasteiger partial charge is 0.369 e. The van der Waals surface area contributed by atoms with Gasteiger partial charge in [0.25, 0.3) is 0 Å². The molecule has 3 aliphatic heterocycles. The van der Waals surface area contributed by atoms with Crippen LogP contribution in [0, 0.1) is 0 Å². The van der Waals surface area contributed by atoms with Crippen LogP contribution in [0.5, 0.6) is 0 Å². The first kappa shape index (κ1) is 22.7. The van der Waals surface area contributed by atoms with Crippen molar-refractivity contribution in [3.05, 3.63) is 29.3 Å². The first-order chi connectivity index (χ1) is 15.1. The smallest absolute Gasteiger partial charge is 0.191 e. The monoisotopic (exact) mass is 446 g/mol. The van der Waals surface area contributed by atoms with Crippen LogP contribution >= 0.6 is 11.6 Å². The number of halogens is 1. The minimum Gasteiger partial charge on any atom is -0.369 e. The standard InChI is InChI=1S/C24H39ClN6/c1-26-23(28-21-9-14-30(18-21)22-8-6-7-20(25)17-22)27-19-24(10-15-29(2)16-11-24)31-12-4-3-5-13-31/h6-8,17,21H,3-5,9-16,18-19H2,1-2H3,(H2,26,27,28). The minimum absolute atomic E-state index is 0.257. The van der Waals surface area contributed by atoms with E-state index in [9.17, 15) is 0 Å². The summed E-state index contributed by atoms with van der Waals surface area (Å²) in [6.45, 7) is 7.85. The number of aliphatic imine (C=N–C) groups is 1. The van der Waals surface area contributed by atoms with Crippen molar-refractivity contribution < 1.29 is 0 Å². The molecule has 3 aliphatic rings. The molecule has 1 atom stereocenters. The fraction of sp³-hybridized carbons (Fsp3) is 0.708. The normalized spacial score (nSPS) is 25.6. The summed E-state index contributed by atoms with van der Waals surface area (Å²) < 4.78 is 0. The molecule has 0 amide bonds. The van der Waals surface area contributed by atoms with Crippen molar-refractivity contribution in [2.24, 2.45) is 4.99 Å². The number of likely N-dealkylation sites (tertiary alicyclic amines) is 2. The molecular formula is C24H39ClN6. The van der Waals surface area contributed by atoms with Gasteiger partial charge in [0.05, 0.1) is 0 Å². The maximum Gasteiger partial charge on any atom is 0.191 e. The van der Waals surface area contributed by atoms with Gasteiger partial charge in [0.1, 0.15) is 0 Å². The molecule has 0 aliphatic carbocycles. The summed E-state index contributed by atoms with van der Waals surface area (Å²) in [5.74, 6) is 0.938. The number of rotatable bonds is 5. The van der Waals surface area contributed by atoms with Crippen LogP contribution in [0.4, 0.5) is 5.69 Å². The van der Waals surface area contributed by atoms with E-state index in [1.54, 1.807) is 0 Å². The van der Waals surface area contributed by atoms with Crippen molar-refractivity contribution in [2.75, 3.05) is 64.8 Å². The lowest BCUT2D eigenvalue weighted by Crippen LogP contribution is -2.62. The van der Waals surface area contributed by atoms with Crippen molar-refractivity contribution in [1.82, 2.24) is 20.4 Å². The molecule has 0 aromatic heterocycles. The maximum atomic E-state index is 6.19. The lowest BCUT2D eigenvalue weighted by Gasteiger charge is -2.50. The van der Waals surface area contributed by atoms with Gasteiger partial charge in [-0.25, -0.2) is 0 Å². The van der Waals surface area contributed by atoms with Crippen LogP contribution in [-0.4, -0.2) is 87.2 Å². The molecular weight excluding hydrogens is 408 g/mol. The number of anilines is 1. The number of nitrogens with zero attached hydrogens (tertiary/aromatic N) is 4. The molecule has 6 nitrogen and oxygen atoms in total. The van der Waals surface area contributed by atoms with Crippen LogP contribution in [0.1, 0.15) is 38.5 Å². The van der Waals surface area contributed by atoms with Gasteiger partial charge in [0.2, 0.25) is 0 Å². The fourth-order valence-corrected chi connectivity index (χ4v) is 5.61. The van der Waals surface area contributed by atoms with Crippen LogP contribution in [0.2, 0.25) is 5.02 Å². The second-order valence-electron chi connectivity index (χ2n) is 9.56. The van der Waals surface area contributed by atoms with E-state index in [0.717, 1.165) is 37.0 Å². The van der Waals surface area contributed by atoms with E-state index >= 15 is 0 Å². The van der Waals surface area contributed by atoms with Crippen molar-refractivity contribution in [1.29, 1.82) is 0 Å². The molecule has 1 aromatic rings. The van der Waals surface area contributed by atoms with Gasteiger partial charge in [-0.1, -0.05) is 24.1 Å². The van der Waals surface area contributed by atoms with Crippen LogP contribution in [-0.2, 0) is 0 Å². The van der Waals surface area contributed by atoms with E-state index in [1.807, 2.05) is 19.2 Å². The molecule has 3 saturated heterocycles. The van der Waals surface area contributed by atoms with E-state index in [-0.39, 0.29) is 5.54 Å². The van der Waals surface area contributed by atoms with E-state index in [2.05, 4.69) is 49.5 Å². The summed E-state index contributed by atoms with van der Waals surface area (Å²) in [7, 11) is 4.14. The highest BCUT2D eigenvalue weighted by atomic mass is 35.5. The molecule has 2 N–H and O–H groups in total. The maximum absolute atomic E-state index is 6.19. The number of hydrogen-bond acceptors (Lipinski definition) is 4. The van der Waals surface area contributed by atoms with Crippen LogP contribution in [0.15, 0.2) is 29.3 Å². The van der Waals surface area contributed by atoms with E-state index in [1.165, 1.54) is 64.0 Å². The summed E-state index contributed by atoms with van der Waals surface area (Å²) in [6, 6.07) is 8.56. The lowest BCUT2D eigenvalue weighted by atomic mass is 9.84. The number of piperidine rings is 2. The third-order valence-electron chi connectivity index (χ3n) is 7.46. The predicted molar refractivity (Wildman–Crippen MR) is 131 cm³/mol. The highest BCUT2D eigenvalue weighted by molar-refractivity contribution is 6.30. The lowest BCUT2D eigenvalue weighted by molar-refractivity contribution is 0.0173. The molecule has 0 bridgehead atoms. The Morgan fingerprint density at radius 3 is 2.61 bits per heavy atom. The molecule has 0 spiro atoms. The Kier molecular flexibility index (Phi) is 7.62. The van der Waals surface area contributed by atoms with Gasteiger partial charge in [-0.3, -0.25) is 9.89 Å². The number of nitrogens with one attached hydrogen (secondary N) is 2. The SMILES string of the molecule is CN=C(NCC1(N2CCCCC2)CCN(C)CC1)NC1CCN(c2cccc(Cl)c2)C1. The quantitative estimate of drug-likeness (QED) is 0.537. The topological polar surface area (TPSA) is 46.1 Å². The van der Waals surface area contributed by atoms with E-state index < -0.39 is 0 Å². The second kappa shape index (κ2) is 10.4. The zero-order chi connectivity index (χ0) is 21.7. The van der Waals surface area contributed by atoms with Crippen LogP contribution in [0.25, 0.3) is 0 Å². The highest BCUT2D eigenvalue weighted by Gasteiger charge is 2.39. The Morgan fingerprint density at radius 1 is 1.13 bits per heavy atom. The van der Waals surface area contributed by atoms with Gasteiger partial charge in [-0.15, -0.1) is 0 Å². The molecule has 4 rings (SSSR count). The molecule has 1 unspecified atom stereocenters. The van der Waals surface area contributed by atoms with Gasteiger partial charge in [0, 0.05) is 49.0 Å². The van der Waals surface area contributed by atoms with Crippen LogP contribution in [0.3, 0.4) is 0 Å². The molecule has 1 aromatic carbocycles. The van der Waals surface area contributed by atoms with Crippen LogP contribution < -0.4 is 15.5 Å². The Bertz CT molecular complexity index is 739. The third kappa shape index (κ3) is 5.65. The average Bonchev–Trinajstić information content (AvgIpc) is 3.27. The molecule has 0 saturated carbocycles. The Labute approximate surface area is 193 Å². The molecule has 7 heteroatoms. The Balaban J connectivity index is 1.34. The summed E-state index contributed by atoms with van der Waals surface area (Å²) in [5.41, 5.74) is 1.46. The van der Waals surface area contributed by atoms with Gasteiger partial charge < -0.3 is 20.4 Å². The van der Waals surface area contributed by atoms with Gasteiger partial charge in [-0.2, -0.15) is 0 Å². The number of benzene rings is 1. The van der Waals surface area contributed by atoms with Gasteiger partial charge in [-0.05, 0) is 83.5 Å². The van der Waals surface area contributed by atoms with Crippen molar-refractivity contribution in [3.63, 3.8) is 0 Å². The summed E-state index contributed by atoms with van der Waals surface area (Å²) in [5, 5.41) is 8.20. The zero-order valence-corrected chi connectivity index (χ0v) is 20.0. The number of guanidine groups is 1. The minimum atomic E-state index is 0.257. The molecule has 31 heavy (non-hydrogen) atoms. The molecule has 3 heterocycles. The van der Waals surface area contributed by atoms with Crippen molar-refractivity contribution in [3.8, 4) is 0 Å². The predicted octanol–water partition coefficient (Wildman–Crippen LogP) is 3.03. The first-order valence-corrected chi connectivity index (χ1v) is 12.4.